The molecule has 1 aliphatic rings. The maximum atomic E-state index is 12.6. The molecule has 0 fully saturated rings. The minimum absolute atomic E-state index is 0.175. The molecule has 8 nitrogen and oxygen atoms in total. The average molecular weight is 454 g/mol. The van der Waals surface area contributed by atoms with E-state index in [0.717, 1.165) is 46.3 Å². The Morgan fingerprint density at radius 2 is 1.97 bits per heavy atom. The van der Waals surface area contributed by atoms with Crippen LogP contribution in [0.1, 0.15) is 51.7 Å². The topological polar surface area (TPSA) is 114 Å². The summed E-state index contributed by atoms with van der Waals surface area (Å²) >= 11 is 1.39. The normalized spacial score (nSPS) is 13.3. The highest BCUT2D eigenvalue weighted by atomic mass is 32.1. The summed E-state index contributed by atoms with van der Waals surface area (Å²) in [5.41, 5.74) is 1.07. The van der Waals surface area contributed by atoms with Crippen LogP contribution in [0.3, 0.4) is 0 Å². The van der Waals surface area contributed by atoms with E-state index in [-0.39, 0.29) is 12.2 Å². The van der Waals surface area contributed by atoms with Crippen molar-refractivity contribution in [1.29, 1.82) is 0 Å². The first-order valence-electron chi connectivity index (χ1n) is 10.4. The number of rotatable bonds is 5. The maximum Gasteiger partial charge on any atom is 0.341 e. The third kappa shape index (κ3) is 4.03. The number of thiophene rings is 1. The van der Waals surface area contributed by atoms with Crippen LogP contribution in [-0.4, -0.2) is 33.4 Å². The predicted molar refractivity (Wildman–Crippen MR) is 123 cm³/mol. The van der Waals surface area contributed by atoms with Gasteiger partial charge in [0.05, 0.1) is 17.9 Å². The summed E-state index contributed by atoms with van der Waals surface area (Å²) in [6, 6.07) is 6.92. The van der Waals surface area contributed by atoms with Crippen LogP contribution in [0.4, 0.5) is 5.00 Å². The number of H-pyrrole nitrogens is 1. The Hall–Kier alpha value is -3.46. The second-order valence-corrected chi connectivity index (χ2v) is 8.62. The molecule has 32 heavy (non-hydrogen) atoms. The fourth-order valence-corrected chi connectivity index (χ4v) is 4.99. The minimum atomic E-state index is -0.765. The zero-order valence-corrected chi connectivity index (χ0v) is 18.6. The maximum absolute atomic E-state index is 12.6. The first-order valence-corrected chi connectivity index (χ1v) is 11.2. The second kappa shape index (κ2) is 8.96. The monoisotopic (exact) mass is 453 g/mol. The largest absolute Gasteiger partial charge is 0.493 e. The van der Waals surface area contributed by atoms with Crippen molar-refractivity contribution in [2.75, 3.05) is 6.61 Å². The molecular weight excluding hydrogens is 430 g/mol. The second-order valence-electron chi connectivity index (χ2n) is 7.54. The van der Waals surface area contributed by atoms with Crippen LogP contribution in [0.5, 0.6) is 5.88 Å². The number of esters is 1. The van der Waals surface area contributed by atoms with E-state index >= 15 is 0 Å². The number of nitrogens with one attached hydrogen (secondary N) is 1. The quantitative estimate of drug-likeness (QED) is 0.454. The fourth-order valence-electron chi connectivity index (χ4n) is 3.77. The van der Waals surface area contributed by atoms with Crippen molar-refractivity contribution in [3.63, 3.8) is 0 Å². The van der Waals surface area contributed by atoms with Crippen LogP contribution < -0.4 is 11.2 Å². The van der Waals surface area contributed by atoms with E-state index in [0.29, 0.717) is 16.3 Å². The molecule has 0 aliphatic heterocycles. The first-order chi connectivity index (χ1) is 15.4. The smallest absolute Gasteiger partial charge is 0.341 e. The van der Waals surface area contributed by atoms with E-state index in [1.807, 2.05) is 6.92 Å². The summed E-state index contributed by atoms with van der Waals surface area (Å²) in [7, 11) is 0. The standard InChI is InChI=1S/C23H23N3O5S/c1-3-31-22(29)18-15-6-4-5-7-17(15)32-20(18)24-12-16-19(27)25-23(30)26(21(16)28)14-10-8-13(2)9-11-14/h8-12,28H,3-7H2,1-2H3,(H,25,27,30). The van der Waals surface area contributed by atoms with E-state index in [9.17, 15) is 19.5 Å². The molecule has 0 atom stereocenters. The Balaban J connectivity index is 1.81. The highest BCUT2D eigenvalue weighted by Crippen LogP contribution is 2.40. The summed E-state index contributed by atoms with van der Waals surface area (Å²) in [5, 5.41) is 11.2. The number of aryl methyl sites for hydroxylation is 2. The van der Waals surface area contributed by atoms with Gasteiger partial charge in [0, 0.05) is 11.1 Å². The molecule has 0 unspecified atom stereocenters. The van der Waals surface area contributed by atoms with E-state index in [2.05, 4.69) is 9.98 Å². The lowest BCUT2D eigenvalue weighted by Crippen LogP contribution is -2.31. The highest BCUT2D eigenvalue weighted by Gasteiger charge is 2.26. The van der Waals surface area contributed by atoms with Gasteiger partial charge in [-0.3, -0.25) is 9.78 Å². The van der Waals surface area contributed by atoms with Crippen molar-refractivity contribution in [3.05, 3.63) is 72.2 Å². The van der Waals surface area contributed by atoms with Crippen LogP contribution in [0.25, 0.3) is 5.69 Å². The average Bonchev–Trinajstić information content (AvgIpc) is 3.13. The zero-order chi connectivity index (χ0) is 22.8. The molecule has 0 saturated heterocycles. The van der Waals surface area contributed by atoms with Gasteiger partial charge in [0.1, 0.15) is 10.6 Å². The number of aromatic nitrogens is 2. The van der Waals surface area contributed by atoms with Gasteiger partial charge in [-0.1, -0.05) is 17.7 Å². The summed E-state index contributed by atoms with van der Waals surface area (Å²) in [5.74, 6) is -0.966. The van der Waals surface area contributed by atoms with Gasteiger partial charge in [0.25, 0.3) is 5.56 Å². The molecular formula is C23H23N3O5S. The minimum Gasteiger partial charge on any atom is -0.493 e. The van der Waals surface area contributed by atoms with Crippen molar-refractivity contribution < 1.29 is 14.6 Å². The van der Waals surface area contributed by atoms with Crippen LogP contribution in [0.2, 0.25) is 0 Å². The number of benzene rings is 1. The van der Waals surface area contributed by atoms with Gasteiger partial charge in [-0.05, 0) is 57.2 Å². The molecule has 0 spiro atoms. The van der Waals surface area contributed by atoms with Gasteiger partial charge < -0.3 is 9.84 Å². The van der Waals surface area contributed by atoms with Gasteiger partial charge in [-0.15, -0.1) is 11.3 Å². The Kier molecular flexibility index (Phi) is 6.09. The predicted octanol–water partition coefficient (Wildman–Crippen LogP) is 3.41. The molecule has 3 aromatic rings. The molecule has 1 aliphatic carbocycles. The number of hydrogen-bond acceptors (Lipinski definition) is 7. The molecule has 0 bridgehead atoms. The third-order valence-corrected chi connectivity index (χ3v) is 6.56. The SMILES string of the molecule is CCOC(=O)c1c(N=Cc2c(O)n(-c3ccc(C)cc3)c(=O)[nH]c2=O)sc2c1CCCC2. The molecule has 2 aromatic heterocycles. The summed E-state index contributed by atoms with van der Waals surface area (Å²) in [6.07, 6.45) is 4.87. The lowest BCUT2D eigenvalue weighted by Gasteiger charge is -2.11. The number of aliphatic imine (C=N–C) groups is 1. The molecule has 0 radical (unpaired) electrons. The van der Waals surface area contributed by atoms with Gasteiger partial charge in [0.2, 0.25) is 5.88 Å². The van der Waals surface area contributed by atoms with Crippen LogP contribution in [-0.2, 0) is 17.6 Å². The number of nitrogens with zero attached hydrogens (tertiary/aromatic N) is 2. The highest BCUT2D eigenvalue weighted by molar-refractivity contribution is 7.16. The number of hydrogen-bond donors (Lipinski definition) is 2. The van der Waals surface area contributed by atoms with Gasteiger partial charge in [-0.2, -0.15) is 0 Å². The fraction of sp³-hybridized carbons (Fsp3) is 0.304. The molecule has 166 valence electrons. The van der Waals surface area contributed by atoms with E-state index in [1.165, 1.54) is 17.6 Å². The summed E-state index contributed by atoms with van der Waals surface area (Å²) in [4.78, 5) is 45.1. The van der Waals surface area contributed by atoms with Crippen molar-refractivity contribution in [3.8, 4) is 11.6 Å². The Bertz CT molecular complexity index is 1320. The Labute approximate surface area is 187 Å². The van der Waals surface area contributed by atoms with Gasteiger partial charge >= 0.3 is 11.7 Å². The third-order valence-electron chi connectivity index (χ3n) is 5.36. The Morgan fingerprint density at radius 3 is 2.69 bits per heavy atom. The van der Waals surface area contributed by atoms with Gasteiger partial charge in [-0.25, -0.2) is 19.1 Å². The van der Waals surface area contributed by atoms with E-state index < -0.39 is 23.1 Å². The lowest BCUT2D eigenvalue weighted by atomic mass is 9.95. The molecule has 4 rings (SSSR count). The van der Waals surface area contributed by atoms with Crippen molar-refractivity contribution in [1.82, 2.24) is 9.55 Å². The van der Waals surface area contributed by atoms with Crippen LogP contribution in [0.15, 0.2) is 38.8 Å². The number of carbonyl (C=O) groups is 1. The van der Waals surface area contributed by atoms with E-state index in [1.54, 1.807) is 31.2 Å². The van der Waals surface area contributed by atoms with Crippen molar-refractivity contribution in [2.24, 2.45) is 4.99 Å². The Morgan fingerprint density at radius 1 is 1.25 bits per heavy atom. The van der Waals surface area contributed by atoms with Crippen LogP contribution in [0, 0.1) is 6.92 Å². The van der Waals surface area contributed by atoms with Crippen LogP contribution >= 0.6 is 11.3 Å². The summed E-state index contributed by atoms with van der Waals surface area (Å²) in [6.45, 7) is 3.89. The van der Waals surface area contributed by atoms with Gasteiger partial charge in [0.15, 0.2) is 0 Å². The molecule has 0 saturated carbocycles. The molecule has 9 heteroatoms. The zero-order valence-electron chi connectivity index (χ0n) is 17.8. The number of aromatic amines is 1. The first kappa shape index (κ1) is 21.8. The number of ether oxygens (including phenoxy) is 1. The molecule has 0 amide bonds. The van der Waals surface area contributed by atoms with Crippen molar-refractivity contribution in [2.45, 2.75) is 39.5 Å². The summed E-state index contributed by atoms with van der Waals surface area (Å²) < 4.78 is 6.23. The number of fused-ring (bicyclic) bond motifs is 1. The lowest BCUT2D eigenvalue weighted by molar-refractivity contribution is 0.0526. The van der Waals surface area contributed by atoms with Crippen molar-refractivity contribution >= 4 is 28.5 Å². The molecule has 2 heterocycles. The van der Waals surface area contributed by atoms with E-state index in [4.69, 9.17) is 4.74 Å². The number of carbonyl (C=O) groups excluding carboxylic acids is 1. The number of aromatic hydroxyl groups is 1. The molecule has 1 aromatic carbocycles. The molecule has 2 N–H and O–H groups in total.